The van der Waals surface area contributed by atoms with Gasteiger partial charge in [-0.3, -0.25) is 4.98 Å². The van der Waals surface area contributed by atoms with Gasteiger partial charge in [0.1, 0.15) is 0 Å². The summed E-state index contributed by atoms with van der Waals surface area (Å²) < 4.78 is 27.2. The van der Waals surface area contributed by atoms with Crippen molar-refractivity contribution in [2.24, 2.45) is 5.92 Å². The molecule has 4 nitrogen and oxygen atoms in total. The van der Waals surface area contributed by atoms with E-state index in [0.717, 1.165) is 30.3 Å². The van der Waals surface area contributed by atoms with Crippen LogP contribution >= 0.6 is 15.9 Å². The van der Waals surface area contributed by atoms with Crippen LogP contribution in [-0.4, -0.2) is 30.5 Å². The van der Waals surface area contributed by atoms with Crippen LogP contribution in [0.4, 0.5) is 0 Å². The highest BCUT2D eigenvalue weighted by molar-refractivity contribution is 9.09. The third kappa shape index (κ3) is 4.82. The van der Waals surface area contributed by atoms with Gasteiger partial charge in [0.05, 0.1) is 5.75 Å². The average Bonchev–Trinajstić information content (AvgIpc) is 2.47. The molecule has 1 N–H and O–H groups in total. The molecule has 112 valence electrons. The molecule has 1 aromatic heterocycles. The molecule has 2 rings (SSSR count). The molecule has 1 aliphatic rings. The lowest BCUT2D eigenvalue weighted by molar-refractivity contribution is 0.316. The van der Waals surface area contributed by atoms with Gasteiger partial charge in [-0.25, -0.2) is 13.1 Å². The van der Waals surface area contributed by atoms with Crippen molar-refractivity contribution in [2.45, 2.75) is 38.1 Å². The van der Waals surface area contributed by atoms with Crippen LogP contribution in [0.2, 0.25) is 0 Å². The first-order chi connectivity index (χ1) is 9.61. The highest BCUT2D eigenvalue weighted by Gasteiger charge is 2.27. The van der Waals surface area contributed by atoms with Gasteiger partial charge in [0, 0.05) is 29.7 Å². The Bertz CT molecular complexity index is 507. The standard InChI is InChI=1S/C14H21BrN2O2S/c15-11-12-5-1-2-7-14(12)17-20(18,19)10-8-13-6-3-4-9-16-13/h3-4,6,9,12,14,17H,1-2,5,7-8,10-11H2. The van der Waals surface area contributed by atoms with E-state index in [4.69, 9.17) is 0 Å². The van der Waals surface area contributed by atoms with Crippen molar-refractivity contribution in [2.75, 3.05) is 11.1 Å². The molecule has 6 heteroatoms. The number of aryl methyl sites for hydroxylation is 1. The molecule has 0 aliphatic heterocycles. The minimum Gasteiger partial charge on any atom is -0.261 e. The topological polar surface area (TPSA) is 59.1 Å². The Hall–Kier alpha value is -0.460. The van der Waals surface area contributed by atoms with E-state index in [2.05, 4.69) is 25.6 Å². The van der Waals surface area contributed by atoms with Crippen LogP contribution in [0, 0.1) is 5.92 Å². The van der Waals surface area contributed by atoms with Crippen molar-refractivity contribution in [3.8, 4) is 0 Å². The second-order valence-electron chi connectivity index (χ2n) is 5.31. The van der Waals surface area contributed by atoms with E-state index < -0.39 is 10.0 Å². The Morgan fingerprint density at radius 1 is 1.30 bits per heavy atom. The summed E-state index contributed by atoms with van der Waals surface area (Å²) in [6.45, 7) is 0. The first-order valence-electron chi connectivity index (χ1n) is 7.06. The third-order valence-corrected chi connectivity index (χ3v) is 6.03. The summed E-state index contributed by atoms with van der Waals surface area (Å²) in [6, 6.07) is 5.65. The maximum Gasteiger partial charge on any atom is 0.212 e. The number of aromatic nitrogens is 1. The van der Waals surface area contributed by atoms with Gasteiger partial charge in [-0.05, 0) is 30.9 Å². The van der Waals surface area contributed by atoms with Crippen LogP contribution in [0.5, 0.6) is 0 Å². The number of halogens is 1. The molecular weight excluding hydrogens is 340 g/mol. The molecule has 1 saturated carbocycles. The summed E-state index contributed by atoms with van der Waals surface area (Å²) in [7, 11) is -3.23. The number of hydrogen-bond acceptors (Lipinski definition) is 3. The van der Waals surface area contributed by atoms with Gasteiger partial charge >= 0.3 is 0 Å². The Morgan fingerprint density at radius 3 is 2.80 bits per heavy atom. The summed E-state index contributed by atoms with van der Waals surface area (Å²) in [5.74, 6) is 0.517. The molecule has 0 aromatic carbocycles. The lowest BCUT2D eigenvalue weighted by atomic mass is 9.87. The van der Waals surface area contributed by atoms with Crippen molar-refractivity contribution in [3.05, 3.63) is 30.1 Å². The number of pyridine rings is 1. The molecule has 2 unspecified atom stereocenters. The molecule has 0 radical (unpaired) electrons. The zero-order valence-corrected chi connectivity index (χ0v) is 13.9. The van der Waals surface area contributed by atoms with Gasteiger partial charge < -0.3 is 0 Å². The van der Waals surface area contributed by atoms with Crippen molar-refractivity contribution in [1.29, 1.82) is 0 Å². The molecule has 0 spiro atoms. The quantitative estimate of drug-likeness (QED) is 0.792. The molecule has 1 aliphatic carbocycles. The molecule has 0 saturated heterocycles. The number of nitrogens with zero attached hydrogens (tertiary/aromatic N) is 1. The SMILES string of the molecule is O=S(=O)(CCc1ccccn1)NC1CCCCC1CBr. The van der Waals surface area contributed by atoms with E-state index >= 15 is 0 Å². The smallest absolute Gasteiger partial charge is 0.212 e. The minimum absolute atomic E-state index is 0.0804. The van der Waals surface area contributed by atoms with Gasteiger partial charge in [0.2, 0.25) is 10.0 Å². The summed E-state index contributed by atoms with van der Waals surface area (Å²) in [5, 5.41) is 0.862. The lowest BCUT2D eigenvalue weighted by Crippen LogP contribution is -2.43. The van der Waals surface area contributed by atoms with Crippen molar-refractivity contribution in [3.63, 3.8) is 0 Å². The molecule has 2 atom stereocenters. The molecule has 1 fully saturated rings. The molecule has 0 amide bonds. The summed E-state index contributed by atoms with van der Waals surface area (Å²) in [5.41, 5.74) is 0.818. The second-order valence-corrected chi connectivity index (χ2v) is 7.83. The number of rotatable bonds is 6. The first kappa shape index (κ1) is 15.9. The van der Waals surface area contributed by atoms with Gasteiger partial charge in [0.25, 0.3) is 0 Å². The number of hydrogen-bond donors (Lipinski definition) is 1. The van der Waals surface area contributed by atoms with Gasteiger partial charge in [0.15, 0.2) is 0 Å². The number of sulfonamides is 1. The largest absolute Gasteiger partial charge is 0.261 e. The van der Waals surface area contributed by atoms with Gasteiger partial charge in [-0.1, -0.05) is 34.8 Å². The fraction of sp³-hybridized carbons (Fsp3) is 0.643. The second kappa shape index (κ2) is 7.52. The first-order valence-corrected chi connectivity index (χ1v) is 9.84. The summed E-state index contributed by atoms with van der Waals surface area (Å²) >= 11 is 3.49. The maximum absolute atomic E-state index is 12.2. The molecule has 0 bridgehead atoms. The highest BCUT2D eigenvalue weighted by Crippen LogP contribution is 2.26. The van der Waals surface area contributed by atoms with Gasteiger partial charge in [-0.2, -0.15) is 0 Å². The Balaban J connectivity index is 1.90. The highest BCUT2D eigenvalue weighted by atomic mass is 79.9. The number of nitrogens with one attached hydrogen (secondary N) is 1. The monoisotopic (exact) mass is 360 g/mol. The molecular formula is C14H21BrN2O2S. The lowest BCUT2D eigenvalue weighted by Gasteiger charge is -2.30. The molecule has 20 heavy (non-hydrogen) atoms. The predicted octanol–water partition coefficient (Wildman–Crippen LogP) is 2.50. The molecule has 1 aromatic rings. The van der Waals surface area contributed by atoms with Crippen LogP contribution in [0.25, 0.3) is 0 Å². The fourth-order valence-electron chi connectivity index (χ4n) is 2.62. The van der Waals surface area contributed by atoms with Crippen molar-refractivity contribution < 1.29 is 8.42 Å². The predicted molar refractivity (Wildman–Crippen MR) is 84.4 cm³/mol. The molecule has 1 heterocycles. The Labute approximate surface area is 129 Å². The summed E-state index contributed by atoms with van der Waals surface area (Å²) in [6.07, 6.45) is 6.50. The van der Waals surface area contributed by atoms with E-state index in [1.807, 2.05) is 18.2 Å². The fourth-order valence-corrected chi connectivity index (χ4v) is 4.76. The van der Waals surface area contributed by atoms with Crippen LogP contribution in [0.3, 0.4) is 0 Å². The van der Waals surface area contributed by atoms with Gasteiger partial charge in [-0.15, -0.1) is 0 Å². The van der Waals surface area contributed by atoms with E-state index in [9.17, 15) is 8.42 Å². The summed E-state index contributed by atoms with van der Waals surface area (Å²) in [4.78, 5) is 4.16. The normalized spacial score (nSPS) is 23.6. The average molecular weight is 361 g/mol. The zero-order valence-electron chi connectivity index (χ0n) is 11.5. The number of alkyl halides is 1. The zero-order chi connectivity index (χ0) is 14.4. The van der Waals surface area contributed by atoms with Crippen LogP contribution in [0.15, 0.2) is 24.4 Å². The Morgan fingerprint density at radius 2 is 2.10 bits per heavy atom. The maximum atomic E-state index is 12.2. The third-order valence-electron chi connectivity index (χ3n) is 3.79. The van der Waals surface area contributed by atoms with Crippen LogP contribution < -0.4 is 4.72 Å². The van der Waals surface area contributed by atoms with E-state index in [1.165, 1.54) is 6.42 Å². The van der Waals surface area contributed by atoms with E-state index in [1.54, 1.807) is 6.20 Å². The Kier molecular flexibility index (Phi) is 5.99. The van der Waals surface area contributed by atoms with E-state index in [0.29, 0.717) is 12.3 Å². The van der Waals surface area contributed by atoms with Crippen LogP contribution in [0.1, 0.15) is 31.4 Å². The van der Waals surface area contributed by atoms with Crippen LogP contribution in [-0.2, 0) is 16.4 Å². The minimum atomic E-state index is -3.23. The van der Waals surface area contributed by atoms with Crippen molar-refractivity contribution in [1.82, 2.24) is 9.71 Å². The van der Waals surface area contributed by atoms with E-state index in [-0.39, 0.29) is 11.8 Å². The van der Waals surface area contributed by atoms with Crippen molar-refractivity contribution >= 4 is 26.0 Å².